The summed E-state index contributed by atoms with van der Waals surface area (Å²) in [6, 6.07) is 14.3. The van der Waals surface area contributed by atoms with Gasteiger partial charge in [0.25, 0.3) is 5.56 Å². The minimum absolute atomic E-state index is 0.0494. The predicted octanol–water partition coefficient (Wildman–Crippen LogP) is 2.04. The molecule has 1 unspecified atom stereocenters. The standard InChI is InChI=1S/C24H23N7O4S/c1-27-14-17(12-25)30-36(33,34)21-11-16(13-28-22(21)35-2)15-8-9-20-19(10-15)23(32)31(24(26)29-20)18-6-4-3-5-7-18/h3-14,17,25,30H,1-2H3,(H2,26,29). The Morgan fingerprint density at radius 1 is 1.17 bits per heavy atom. The Kier molecular flexibility index (Phi) is 6.90. The van der Waals surface area contributed by atoms with Gasteiger partial charge in [-0.15, -0.1) is 0 Å². The molecule has 1 atom stereocenters. The fraction of sp³-hybridized carbons (Fsp3) is 0.125. The van der Waals surface area contributed by atoms with Crippen molar-refractivity contribution in [1.82, 2.24) is 19.3 Å². The van der Waals surface area contributed by atoms with E-state index in [9.17, 15) is 13.2 Å². The maximum absolute atomic E-state index is 13.3. The molecule has 2 heterocycles. The van der Waals surface area contributed by atoms with Crippen LogP contribution in [0.1, 0.15) is 0 Å². The number of benzene rings is 2. The molecule has 2 aromatic heterocycles. The molecule has 36 heavy (non-hydrogen) atoms. The number of nitrogens with zero attached hydrogens (tertiary/aromatic N) is 4. The third kappa shape index (κ3) is 4.72. The fourth-order valence-corrected chi connectivity index (χ4v) is 4.92. The van der Waals surface area contributed by atoms with Crippen molar-refractivity contribution in [3.63, 3.8) is 0 Å². The van der Waals surface area contributed by atoms with Gasteiger partial charge in [-0.1, -0.05) is 24.3 Å². The summed E-state index contributed by atoms with van der Waals surface area (Å²) in [5.74, 6) is -0.0709. The third-order valence-electron chi connectivity index (χ3n) is 5.32. The van der Waals surface area contributed by atoms with Crippen LogP contribution in [0.5, 0.6) is 5.88 Å². The van der Waals surface area contributed by atoms with Gasteiger partial charge in [-0.05, 0) is 35.9 Å². The van der Waals surface area contributed by atoms with Gasteiger partial charge < -0.3 is 15.9 Å². The van der Waals surface area contributed by atoms with Crippen molar-refractivity contribution in [2.75, 3.05) is 19.9 Å². The van der Waals surface area contributed by atoms with Gasteiger partial charge in [-0.25, -0.2) is 23.0 Å². The van der Waals surface area contributed by atoms with E-state index in [1.165, 1.54) is 37.2 Å². The van der Waals surface area contributed by atoms with Gasteiger partial charge in [-0.2, -0.15) is 4.72 Å². The maximum atomic E-state index is 13.3. The van der Waals surface area contributed by atoms with Gasteiger partial charge in [-0.3, -0.25) is 9.79 Å². The van der Waals surface area contributed by atoms with Crippen LogP contribution in [0.4, 0.5) is 5.95 Å². The van der Waals surface area contributed by atoms with Gasteiger partial charge in [0.2, 0.25) is 21.9 Å². The van der Waals surface area contributed by atoms with E-state index in [2.05, 4.69) is 19.7 Å². The fourth-order valence-electron chi connectivity index (χ4n) is 3.66. The summed E-state index contributed by atoms with van der Waals surface area (Å²) < 4.78 is 35.0. The number of nitrogens with one attached hydrogen (secondary N) is 2. The number of aliphatic imine (C=N–C) groups is 1. The van der Waals surface area contributed by atoms with Crippen LogP contribution in [0.15, 0.2) is 75.5 Å². The molecule has 0 saturated carbocycles. The Bertz CT molecular complexity index is 1630. The first-order chi connectivity index (χ1) is 17.3. The molecular weight excluding hydrogens is 482 g/mol. The summed E-state index contributed by atoms with van der Waals surface area (Å²) in [6.45, 7) is 0. The number of nitrogens with two attached hydrogens (primary N) is 1. The Morgan fingerprint density at radius 3 is 2.58 bits per heavy atom. The molecule has 0 amide bonds. The number of hydrogen-bond acceptors (Lipinski definition) is 9. The SMILES string of the molecule is CN=CC(C=N)NS(=O)(=O)c1cc(-c2ccc3nc(N)n(-c4ccccc4)c(=O)c3c2)cnc1OC. The van der Waals surface area contributed by atoms with E-state index in [-0.39, 0.29) is 22.3 Å². The first kappa shape index (κ1) is 24.7. The molecular formula is C24H23N7O4S. The van der Waals surface area contributed by atoms with Crippen molar-refractivity contribution in [3.8, 4) is 22.7 Å². The molecule has 0 radical (unpaired) electrons. The zero-order valence-electron chi connectivity index (χ0n) is 19.4. The second kappa shape index (κ2) is 10.1. The highest BCUT2D eigenvalue weighted by Gasteiger charge is 2.24. The Balaban J connectivity index is 1.85. The second-order valence-corrected chi connectivity index (χ2v) is 9.31. The zero-order chi connectivity index (χ0) is 25.9. The van der Waals surface area contributed by atoms with E-state index in [4.69, 9.17) is 15.9 Å². The highest BCUT2D eigenvalue weighted by molar-refractivity contribution is 7.89. The number of nitrogen functional groups attached to an aromatic ring is 1. The molecule has 0 aliphatic rings. The van der Waals surface area contributed by atoms with Gasteiger partial charge in [0.05, 0.1) is 29.7 Å². The number of aromatic nitrogens is 3. The molecule has 0 aliphatic heterocycles. The molecule has 0 aliphatic carbocycles. The summed E-state index contributed by atoms with van der Waals surface area (Å²) >= 11 is 0. The van der Waals surface area contributed by atoms with Crippen LogP contribution >= 0.6 is 0 Å². The number of sulfonamides is 1. The minimum Gasteiger partial charge on any atom is -0.480 e. The lowest BCUT2D eigenvalue weighted by Gasteiger charge is -2.14. The number of methoxy groups -OCH3 is 1. The Morgan fingerprint density at radius 2 is 1.92 bits per heavy atom. The minimum atomic E-state index is -4.14. The molecule has 0 fully saturated rings. The van der Waals surface area contributed by atoms with Gasteiger partial charge in [0, 0.05) is 31.2 Å². The van der Waals surface area contributed by atoms with E-state index in [1.54, 1.807) is 42.5 Å². The van der Waals surface area contributed by atoms with Gasteiger partial charge >= 0.3 is 0 Å². The van der Waals surface area contributed by atoms with Crippen LogP contribution in [-0.2, 0) is 10.0 Å². The molecule has 2 aromatic carbocycles. The van der Waals surface area contributed by atoms with Crippen molar-refractivity contribution < 1.29 is 13.2 Å². The predicted molar refractivity (Wildman–Crippen MR) is 139 cm³/mol. The topological polar surface area (TPSA) is 165 Å². The molecule has 184 valence electrons. The van der Waals surface area contributed by atoms with Crippen LogP contribution in [0, 0.1) is 5.41 Å². The van der Waals surface area contributed by atoms with Crippen molar-refractivity contribution in [1.29, 1.82) is 5.41 Å². The van der Waals surface area contributed by atoms with E-state index < -0.39 is 16.1 Å². The second-order valence-electron chi connectivity index (χ2n) is 7.63. The van der Waals surface area contributed by atoms with Crippen LogP contribution in [0.2, 0.25) is 0 Å². The van der Waals surface area contributed by atoms with Crippen LogP contribution in [0.25, 0.3) is 27.7 Å². The number of anilines is 1. The molecule has 0 saturated heterocycles. The smallest absolute Gasteiger partial charge is 0.267 e. The number of rotatable bonds is 8. The number of ether oxygens (including phenoxy) is 1. The van der Waals surface area contributed by atoms with E-state index >= 15 is 0 Å². The first-order valence-electron chi connectivity index (χ1n) is 10.7. The summed E-state index contributed by atoms with van der Waals surface area (Å²) in [4.78, 5) is 25.4. The van der Waals surface area contributed by atoms with Gasteiger partial charge in [0.15, 0.2) is 0 Å². The van der Waals surface area contributed by atoms with E-state index in [0.29, 0.717) is 27.7 Å². The average Bonchev–Trinajstić information content (AvgIpc) is 2.88. The molecule has 11 nitrogen and oxygen atoms in total. The van der Waals surface area contributed by atoms with Crippen molar-refractivity contribution in [3.05, 3.63) is 71.1 Å². The number of pyridine rings is 1. The number of fused-ring (bicyclic) bond motifs is 1. The van der Waals surface area contributed by atoms with Crippen LogP contribution < -0.4 is 20.8 Å². The first-order valence-corrected chi connectivity index (χ1v) is 12.1. The third-order valence-corrected chi connectivity index (χ3v) is 6.78. The van der Waals surface area contributed by atoms with Crippen molar-refractivity contribution in [2.24, 2.45) is 4.99 Å². The van der Waals surface area contributed by atoms with E-state index in [1.807, 2.05) is 6.07 Å². The number of hydrogen-bond donors (Lipinski definition) is 3. The van der Waals surface area contributed by atoms with Gasteiger partial charge in [0.1, 0.15) is 4.90 Å². The highest BCUT2D eigenvalue weighted by atomic mass is 32.2. The Labute approximate surface area is 206 Å². The summed E-state index contributed by atoms with van der Waals surface area (Å²) in [5.41, 5.74) is 7.64. The molecule has 0 spiro atoms. The molecule has 4 rings (SSSR count). The molecule has 4 aromatic rings. The molecule has 4 N–H and O–H groups in total. The highest BCUT2D eigenvalue weighted by Crippen LogP contribution is 2.29. The lowest BCUT2D eigenvalue weighted by Crippen LogP contribution is -2.37. The largest absolute Gasteiger partial charge is 0.480 e. The lowest BCUT2D eigenvalue weighted by atomic mass is 10.1. The zero-order valence-corrected chi connectivity index (χ0v) is 20.2. The van der Waals surface area contributed by atoms with Crippen LogP contribution in [0.3, 0.4) is 0 Å². The molecule has 0 bridgehead atoms. The maximum Gasteiger partial charge on any atom is 0.267 e. The van der Waals surface area contributed by atoms with E-state index in [0.717, 1.165) is 6.21 Å². The monoisotopic (exact) mass is 505 g/mol. The van der Waals surface area contributed by atoms with Crippen LogP contribution in [-0.4, -0.2) is 55.6 Å². The average molecular weight is 506 g/mol. The summed E-state index contributed by atoms with van der Waals surface area (Å²) in [7, 11) is -1.36. The summed E-state index contributed by atoms with van der Waals surface area (Å²) in [6.07, 6.45) is 3.64. The molecule has 12 heteroatoms. The quantitative estimate of drug-likeness (QED) is 0.308. The van der Waals surface area contributed by atoms with Crippen molar-refractivity contribution in [2.45, 2.75) is 10.9 Å². The Hall–Kier alpha value is -4.42. The lowest BCUT2D eigenvalue weighted by molar-refractivity contribution is 0.385. The normalized spacial score (nSPS) is 12.6. The summed E-state index contributed by atoms with van der Waals surface area (Å²) in [5, 5.41) is 7.73. The van der Waals surface area contributed by atoms with Crippen molar-refractivity contribution >= 4 is 39.3 Å². The number of para-hydroxylation sites is 1.